The van der Waals surface area contributed by atoms with E-state index in [1.54, 1.807) is 0 Å². The highest BCUT2D eigenvalue weighted by molar-refractivity contribution is 6.05. The van der Waals surface area contributed by atoms with Crippen LogP contribution in [0.15, 0.2) is 53.5 Å². The molecule has 156 valence electrons. The molecule has 1 fully saturated rings. The zero-order valence-electron chi connectivity index (χ0n) is 17.1. The zero-order valence-corrected chi connectivity index (χ0v) is 17.1. The molecule has 2 aliphatic rings. The van der Waals surface area contributed by atoms with E-state index in [2.05, 4.69) is 15.6 Å². The fourth-order valence-corrected chi connectivity index (χ4v) is 3.66. The molecule has 30 heavy (non-hydrogen) atoms. The monoisotopic (exact) mass is 406 g/mol. The number of nitrogens with one attached hydrogen (secondary N) is 2. The summed E-state index contributed by atoms with van der Waals surface area (Å²) in [5.74, 6) is 1.41. The summed E-state index contributed by atoms with van der Waals surface area (Å²) in [7, 11) is 0. The van der Waals surface area contributed by atoms with Crippen molar-refractivity contribution in [3.05, 3.63) is 59.7 Å². The Hall–Kier alpha value is -3.35. The van der Waals surface area contributed by atoms with Crippen LogP contribution in [0, 0.1) is 0 Å². The van der Waals surface area contributed by atoms with Gasteiger partial charge < -0.3 is 15.0 Å². The van der Waals surface area contributed by atoms with Crippen LogP contribution in [-0.4, -0.2) is 35.3 Å². The molecule has 2 heterocycles. The molecule has 0 saturated carbocycles. The molecule has 1 saturated heterocycles. The summed E-state index contributed by atoms with van der Waals surface area (Å²) < 4.78 is 6.17. The number of aliphatic imine (C=N–C) groups is 1. The Bertz CT molecular complexity index is 958. The minimum Gasteiger partial charge on any atom is -0.490 e. The van der Waals surface area contributed by atoms with Crippen molar-refractivity contribution in [2.24, 2.45) is 4.99 Å². The Morgan fingerprint density at radius 3 is 2.87 bits per heavy atom. The molecule has 1 atom stereocenters. The van der Waals surface area contributed by atoms with E-state index in [1.807, 2.05) is 60.4 Å². The highest BCUT2D eigenvalue weighted by Crippen LogP contribution is 2.34. The molecular formula is C23H26N4O3. The molecule has 7 nitrogen and oxygen atoms in total. The van der Waals surface area contributed by atoms with Crippen LogP contribution in [0.3, 0.4) is 0 Å². The third kappa shape index (κ3) is 4.79. The van der Waals surface area contributed by atoms with Crippen LogP contribution in [-0.2, 0) is 22.7 Å². The third-order valence-electron chi connectivity index (χ3n) is 5.24. The molecule has 0 spiro atoms. The fraction of sp³-hybridized carbons (Fsp3) is 0.348. The second kappa shape index (κ2) is 8.98. The number of hydrogen-bond donors (Lipinski definition) is 2. The van der Waals surface area contributed by atoms with Crippen LogP contribution in [0.1, 0.15) is 37.3 Å². The van der Waals surface area contributed by atoms with E-state index >= 15 is 0 Å². The van der Waals surface area contributed by atoms with E-state index in [0.717, 1.165) is 35.4 Å². The normalized spacial score (nSPS) is 15.6. The van der Waals surface area contributed by atoms with E-state index in [-0.39, 0.29) is 17.9 Å². The van der Waals surface area contributed by atoms with E-state index in [9.17, 15) is 9.59 Å². The van der Waals surface area contributed by atoms with Gasteiger partial charge >= 0.3 is 0 Å². The molecule has 2 amide bonds. The Balaban J connectivity index is 1.25. The lowest BCUT2D eigenvalue weighted by molar-refractivity contribution is -0.121. The summed E-state index contributed by atoms with van der Waals surface area (Å²) in [6, 6.07) is 15.7. The largest absolute Gasteiger partial charge is 0.490 e. The van der Waals surface area contributed by atoms with Crippen LogP contribution in [0.25, 0.3) is 0 Å². The number of amides is 2. The SMILES string of the molecule is CC(CCCC(=O)NCc1ccccc1)Oc1cccc2c1CN1CC(=O)NC1=N2. The lowest BCUT2D eigenvalue weighted by Crippen LogP contribution is -2.32. The molecule has 0 bridgehead atoms. The van der Waals surface area contributed by atoms with Gasteiger partial charge in [0.15, 0.2) is 0 Å². The first-order valence-electron chi connectivity index (χ1n) is 10.3. The molecular weight excluding hydrogens is 380 g/mol. The van der Waals surface area contributed by atoms with Gasteiger partial charge in [-0.15, -0.1) is 0 Å². The van der Waals surface area contributed by atoms with Crippen molar-refractivity contribution >= 4 is 23.5 Å². The molecule has 0 radical (unpaired) electrons. The van der Waals surface area contributed by atoms with Crippen molar-refractivity contribution in [3.63, 3.8) is 0 Å². The zero-order chi connectivity index (χ0) is 20.9. The Morgan fingerprint density at radius 2 is 2.03 bits per heavy atom. The second-order valence-electron chi connectivity index (χ2n) is 7.68. The van der Waals surface area contributed by atoms with Crippen LogP contribution in [0.4, 0.5) is 5.69 Å². The highest BCUT2D eigenvalue weighted by atomic mass is 16.5. The maximum atomic E-state index is 12.1. The minimum absolute atomic E-state index is 0.0258. The van der Waals surface area contributed by atoms with Crippen LogP contribution >= 0.6 is 0 Å². The van der Waals surface area contributed by atoms with Crippen molar-refractivity contribution in [2.45, 2.75) is 45.4 Å². The lowest BCUT2D eigenvalue weighted by Gasteiger charge is -2.26. The number of ether oxygens (including phenoxy) is 1. The van der Waals surface area contributed by atoms with Crippen molar-refractivity contribution in [2.75, 3.05) is 6.54 Å². The first-order chi connectivity index (χ1) is 14.6. The quantitative estimate of drug-likeness (QED) is 0.706. The van der Waals surface area contributed by atoms with Gasteiger partial charge in [-0.3, -0.25) is 14.9 Å². The van der Waals surface area contributed by atoms with Gasteiger partial charge in [0.25, 0.3) is 0 Å². The van der Waals surface area contributed by atoms with Crippen molar-refractivity contribution in [1.82, 2.24) is 15.5 Å². The summed E-state index contributed by atoms with van der Waals surface area (Å²) in [5.41, 5.74) is 2.91. The molecule has 1 unspecified atom stereocenters. The lowest BCUT2D eigenvalue weighted by atomic mass is 10.1. The molecule has 2 aromatic carbocycles. The smallest absolute Gasteiger partial charge is 0.246 e. The number of carbonyl (C=O) groups is 2. The maximum absolute atomic E-state index is 12.1. The fourth-order valence-electron chi connectivity index (χ4n) is 3.66. The van der Waals surface area contributed by atoms with Gasteiger partial charge in [0.2, 0.25) is 17.8 Å². The number of nitrogens with zero attached hydrogens (tertiary/aromatic N) is 2. The van der Waals surface area contributed by atoms with Crippen molar-refractivity contribution in [3.8, 4) is 5.75 Å². The average molecular weight is 406 g/mol. The molecule has 4 rings (SSSR count). The summed E-state index contributed by atoms with van der Waals surface area (Å²) in [4.78, 5) is 30.2. The first-order valence-corrected chi connectivity index (χ1v) is 10.3. The summed E-state index contributed by atoms with van der Waals surface area (Å²) >= 11 is 0. The Kier molecular flexibility index (Phi) is 5.97. The van der Waals surface area contributed by atoms with Gasteiger partial charge in [0.05, 0.1) is 18.3 Å². The molecule has 2 N–H and O–H groups in total. The van der Waals surface area contributed by atoms with E-state index in [1.165, 1.54) is 0 Å². The first kappa shape index (κ1) is 19.9. The van der Waals surface area contributed by atoms with Crippen LogP contribution in [0.2, 0.25) is 0 Å². The summed E-state index contributed by atoms with van der Waals surface area (Å²) in [6.07, 6.45) is 1.98. The van der Waals surface area contributed by atoms with Crippen molar-refractivity contribution < 1.29 is 14.3 Å². The van der Waals surface area contributed by atoms with Gasteiger partial charge in [-0.05, 0) is 37.5 Å². The molecule has 0 aliphatic carbocycles. The van der Waals surface area contributed by atoms with Gasteiger partial charge in [0.1, 0.15) is 12.3 Å². The van der Waals surface area contributed by atoms with E-state index < -0.39 is 0 Å². The standard InChI is InChI=1S/C23H26N4O3/c1-16(7-5-12-21(28)24-13-17-8-3-2-4-9-17)30-20-11-6-10-19-18(20)14-27-15-22(29)26-23(27)25-19/h2-4,6,8-11,16H,5,7,12-15H2,1H3,(H,24,28)(H,25,26,29). The summed E-state index contributed by atoms with van der Waals surface area (Å²) in [6.45, 7) is 3.48. The minimum atomic E-state index is -0.0390. The number of guanidine groups is 1. The third-order valence-corrected chi connectivity index (χ3v) is 5.24. The Morgan fingerprint density at radius 1 is 1.20 bits per heavy atom. The summed E-state index contributed by atoms with van der Waals surface area (Å²) in [5, 5.41) is 5.73. The maximum Gasteiger partial charge on any atom is 0.246 e. The number of carbonyl (C=O) groups excluding carboxylic acids is 2. The predicted molar refractivity (Wildman–Crippen MR) is 114 cm³/mol. The van der Waals surface area contributed by atoms with E-state index in [0.29, 0.717) is 32.0 Å². The average Bonchev–Trinajstić information content (AvgIpc) is 3.10. The number of benzene rings is 2. The number of fused-ring (bicyclic) bond motifs is 2. The van der Waals surface area contributed by atoms with Crippen LogP contribution < -0.4 is 15.4 Å². The highest BCUT2D eigenvalue weighted by Gasteiger charge is 2.30. The van der Waals surface area contributed by atoms with Gasteiger partial charge in [0, 0.05) is 18.5 Å². The number of hydrogen-bond acceptors (Lipinski definition) is 5. The van der Waals surface area contributed by atoms with Crippen LogP contribution in [0.5, 0.6) is 5.75 Å². The molecule has 2 aliphatic heterocycles. The molecule has 2 aromatic rings. The van der Waals surface area contributed by atoms with Gasteiger partial charge in [-0.1, -0.05) is 36.4 Å². The van der Waals surface area contributed by atoms with Gasteiger partial charge in [-0.25, -0.2) is 4.99 Å². The topological polar surface area (TPSA) is 83.0 Å². The number of rotatable bonds is 8. The second-order valence-corrected chi connectivity index (χ2v) is 7.68. The molecule has 0 aromatic heterocycles. The van der Waals surface area contributed by atoms with Crippen molar-refractivity contribution in [1.29, 1.82) is 0 Å². The molecule has 7 heteroatoms. The Labute approximate surface area is 176 Å². The van der Waals surface area contributed by atoms with Gasteiger partial charge in [-0.2, -0.15) is 0 Å². The van der Waals surface area contributed by atoms with E-state index in [4.69, 9.17) is 4.74 Å². The predicted octanol–water partition coefficient (Wildman–Crippen LogP) is 2.87.